The molecule has 0 unspecified atom stereocenters. The fourth-order valence-electron chi connectivity index (χ4n) is 4.16. The van der Waals surface area contributed by atoms with Crippen molar-refractivity contribution in [2.24, 2.45) is 11.7 Å². The number of carbonyl (C=O) groups is 4. The zero-order valence-corrected chi connectivity index (χ0v) is 22.5. The van der Waals surface area contributed by atoms with Gasteiger partial charge in [0.1, 0.15) is 23.2 Å². The van der Waals surface area contributed by atoms with E-state index in [0.29, 0.717) is 16.9 Å². The topological polar surface area (TPSA) is 137 Å². The average molecular weight is 548 g/mol. The summed E-state index contributed by atoms with van der Waals surface area (Å²) in [7, 11) is 0. The third-order valence-electron chi connectivity index (χ3n) is 6.25. The fraction of sp³-hybridized carbons (Fsp3) is 0.407. The molecule has 0 aliphatic carbocycles. The van der Waals surface area contributed by atoms with E-state index in [-0.39, 0.29) is 28.8 Å². The monoisotopic (exact) mass is 547 g/mol. The molecular weight excluding hydrogens is 517 g/mol. The van der Waals surface area contributed by atoms with E-state index in [2.05, 4.69) is 10.6 Å². The van der Waals surface area contributed by atoms with Gasteiger partial charge in [-0.15, -0.1) is 0 Å². The summed E-state index contributed by atoms with van der Waals surface area (Å²) < 4.78 is 25.8. The lowest BCUT2D eigenvalue weighted by atomic mass is 9.85. The van der Waals surface area contributed by atoms with Gasteiger partial charge in [0.15, 0.2) is 11.9 Å². The van der Waals surface area contributed by atoms with Crippen molar-refractivity contribution in [3.05, 3.63) is 63.9 Å². The van der Waals surface area contributed by atoms with Crippen LogP contribution in [-0.2, 0) is 14.3 Å². The van der Waals surface area contributed by atoms with Crippen LogP contribution in [0, 0.1) is 11.7 Å². The predicted octanol–water partition coefficient (Wildman–Crippen LogP) is 3.34. The number of halogens is 2. The third-order valence-corrected chi connectivity index (χ3v) is 6.54. The highest BCUT2D eigenvalue weighted by atomic mass is 35.5. The van der Waals surface area contributed by atoms with Gasteiger partial charge in [0.05, 0.1) is 17.6 Å². The molecule has 4 N–H and O–H groups in total. The molecule has 2 aromatic rings. The number of ether oxygens (including phenoxy) is 2. The summed E-state index contributed by atoms with van der Waals surface area (Å²) in [6, 6.07) is 6.29. The molecule has 0 aromatic heterocycles. The Morgan fingerprint density at radius 3 is 2.37 bits per heavy atom. The van der Waals surface area contributed by atoms with Crippen molar-refractivity contribution in [2.75, 3.05) is 6.54 Å². The fourth-order valence-corrected chi connectivity index (χ4v) is 4.34. The zero-order valence-electron chi connectivity index (χ0n) is 21.8. The van der Waals surface area contributed by atoms with Crippen LogP contribution < -0.4 is 21.1 Å². The first-order valence-electron chi connectivity index (χ1n) is 12.0. The number of hydrogen-bond donors (Lipinski definition) is 3. The minimum Gasteiger partial charge on any atom is -0.484 e. The normalized spacial score (nSPS) is 18.6. The molecule has 9 nitrogen and oxygen atoms in total. The van der Waals surface area contributed by atoms with Gasteiger partial charge in [0.2, 0.25) is 5.91 Å². The number of rotatable bonds is 8. The maximum Gasteiger partial charge on any atom is 0.329 e. The zero-order chi connectivity index (χ0) is 28.4. The van der Waals surface area contributed by atoms with Gasteiger partial charge < -0.3 is 25.8 Å². The van der Waals surface area contributed by atoms with Crippen LogP contribution in [0.4, 0.5) is 4.39 Å². The molecule has 0 radical (unpaired) electrons. The van der Waals surface area contributed by atoms with Crippen molar-refractivity contribution >= 4 is 35.2 Å². The Morgan fingerprint density at radius 2 is 1.79 bits per heavy atom. The van der Waals surface area contributed by atoms with Crippen molar-refractivity contribution in [3.63, 3.8) is 0 Å². The van der Waals surface area contributed by atoms with Crippen LogP contribution in [-0.4, -0.2) is 47.9 Å². The largest absolute Gasteiger partial charge is 0.484 e. The number of nitrogens with one attached hydrogen (secondary N) is 2. The third kappa shape index (κ3) is 6.31. The SMILES string of the molecule is CC(=O)c1ccc2c(c1)[C@H](NC(=O)c1ccc(F)c(Cl)c1)[C@H](OC(=O)[C@@H](NC(=O)CN)C(C)C)C(C)(C)O2. The highest BCUT2D eigenvalue weighted by Crippen LogP contribution is 2.42. The van der Waals surface area contributed by atoms with Crippen molar-refractivity contribution in [2.45, 2.75) is 58.4 Å². The molecule has 38 heavy (non-hydrogen) atoms. The molecule has 1 heterocycles. The summed E-state index contributed by atoms with van der Waals surface area (Å²) in [5.41, 5.74) is 5.08. The maximum atomic E-state index is 13.7. The maximum absolute atomic E-state index is 13.7. The van der Waals surface area contributed by atoms with Gasteiger partial charge in [-0.3, -0.25) is 14.4 Å². The molecule has 0 saturated carbocycles. The molecule has 11 heteroatoms. The molecule has 0 saturated heterocycles. The van der Waals surface area contributed by atoms with Crippen molar-refractivity contribution in [1.29, 1.82) is 0 Å². The van der Waals surface area contributed by atoms with Crippen LogP contribution in [0.1, 0.15) is 66.9 Å². The number of benzene rings is 2. The first kappa shape index (κ1) is 29.1. The molecule has 204 valence electrons. The Kier molecular flexibility index (Phi) is 8.79. The van der Waals surface area contributed by atoms with Gasteiger partial charge in [0.25, 0.3) is 5.91 Å². The number of hydrogen-bond acceptors (Lipinski definition) is 7. The number of carbonyl (C=O) groups excluding carboxylic acids is 4. The molecule has 3 atom stereocenters. The lowest BCUT2D eigenvalue weighted by Crippen LogP contribution is -2.57. The minimum absolute atomic E-state index is 0.0744. The molecule has 2 aromatic carbocycles. The number of nitrogens with two attached hydrogens (primary N) is 1. The molecule has 0 bridgehead atoms. The van der Waals surface area contributed by atoms with Gasteiger partial charge in [-0.05, 0) is 63.1 Å². The summed E-state index contributed by atoms with van der Waals surface area (Å²) in [5, 5.41) is 5.16. The van der Waals surface area contributed by atoms with Crippen LogP contribution in [0.25, 0.3) is 0 Å². The smallest absolute Gasteiger partial charge is 0.329 e. The van der Waals surface area contributed by atoms with Crippen LogP contribution in [0.5, 0.6) is 5.75 Å². The van der Waals surface area contributed by atoms with E-state index in [0.717, 1.165) is 6.07 Å². The average Bonchev–Trinajstić information content (AvgIpc) is 2.84. The second-order valence-corrected chi connectivity index (χ2v) is 10.4. The second kappa shape index (κ2) is 11.5. The van der Waals surface area contributed by atoms with Gasteiger partial charge in [-0.1, -0.05) is 25.4 Å². The van der Waals surface area contributed by atoms with E-state index in [1.807, 2.05) is 0 Å². The van der Waals surface area contributed by atoms with Crippen molar-refractivity contribution in [3.8, 4) is 5.75 Å². The quantitative estimate of drug-likeness (QED) is 0.340. The molecular formula is C27H31ClFN3O6. The van der Waals surface area contributed by atoms with E-state index in [1.54, 1.807) is 45.9 Å². The van der Waals surface area contributed by atoms with Gasteiger partial charge >= 0.3 is 5.97 Å². The van der Waals surface area contributed by atoms with E-state index in [4.69, 9.17) is 26.8 Å². The Balaban J connectivity index is 2.06. The molecule has 0 fully saturated rings. The van der Waals surface area contributed by atoms with Gasteiger partial charge in [0, 0.05) is 16.7 Å². The number of Topliss-reactive ketones (excluding diaryl/α,β-unsaturated/α-hetero) is 1. The number of fused-ring (bicyclic) bond motifs is 1. The summed E-state index contributed by atoms with van der Waals surface area (Å²) >= 11 is 5.87. The van der Waals surface area contributed by atoms with Gasteiger partial charge in [-0.2, -0.15) is 0 Å². The Hall–Kier alpha value is -3.50. The lowest BCUT2D eigenvalue weighted by molar-refractivity contribution is -0.169. The highest BCUT2D eigenvalue weighted by molar-refractivity contribution is 6.31. The lowest BCUT2D eigenvalue weighted by Gasteiger charge is -2.44. The highest BCUT2D eigenvalue weighted by Gasteiger charge is 2.48. The summed E-state index contributed by atoms with van der Waals surface area (Å²) in [6.45, 7) is 7.92. The molecule has 0 spiro atoms. The first-order chi connectivity index (χ1) is 17.7. The summed E-state index contributed by atoms with van der Waals surface area (Å²) in [4.78, 5) is 50.6. The Bertz CT molecular complexity index is 1270. The van der Waals surface area contributed by atoms with E-state index in [1.165, 1.54) is 19.1 Å². The van der Waals surface area contributed by atoms with E-state index < -0.39 is 47.4 Å². The number of amides is 2. The minimum atomic E-state index is -1.15. The number of ketones is 1. The molecule has 1 aliphatic heterocycles. The predicted molar refractivity (Wildman–Crippen MR) is 138 cm³/mol. The number of esters is 1. The van der Waals surface area contributed by atoms with Crippen LogP contribution in [0.15, 0.2) is 36.4 Å². The van der Waals surface area contributed by atoms with Crippen LogP contribution in [0.3, 0.4) is 0 Å². The first-order valence-corrected chi connectivity index (χ1v) is 12.4. The van der Waals surface area contributed by atoms with Crippen molar-refractivity contribution < 1.29 is 33.0 Å². The van der Waals surface area contributed by atoms with Crippen LogP contribution >= 0.6 is 11.6 Å². The summed E-state index contributed by atoms with van der Waals surface area (Å²) in [5.74, 6) is -2.76. The molecule has 3 rings (SSSR count). The van der Waals surface area contributed by atoms with Crippen LogP contribution in [0.2, 0.25) is 5.02 Å². The summed E-state index contributed by atoms with van der Waals surface area (Å²) in [6.07, 6.45) is -1.10. The van der Waals surface area contributed by atoms with Gasteiger partial charge in [-0.25, -0.2) is 9.18 Å². The Morgan fingerprint density at radius 1 is 1.13 bits per heavy atom. The molecule has 1 aliphatic rings. The van der Waals surface area contributed by atoms with E-state index in [9.17, 15) is 23.6 Å². The Labute approximate surface area is 225 Å². The standard InChI is InChI=1S/C27H31ClFN3O6/c1-13(2)22(31-21(34)12-30)26(36)37-24-23(32-25(35)16-6-8-19(29)18(28)11-16)17-10-15(14(3)33)7-9-20(17)38-27(24,4)5/h6-11,13,22-24H,12,30H2,1-5H3,(H,31,34)(H,32,35)/t22-,23-,24-/m0/s1. The second-order valence-electron chi connectivity index (χ2n) is 9.95. The van der Waals surface area contributed by atoms with Crippen molar-refractivity contribution in [1.82, 2.24) is 10.6 Å². The molecule has 2 amide bonds. The van der Waals surface area contributed by atoms with E-state index >= 15 is 0 Å².